The summed E-state index contributed by atoms with van der Waals surface area (Å²) in [5.41, 5.74) is 0.258. The molecule has 1 unspecified atom stereocenters. The van der Waals surface area contributed by atoms with Crippen molar-refractivity contribution in [3.63, 3.8) is 0 Å². The smallest absolute Gasteiger partial charge is 0.280 e. The number of aliphatic hydroxyl groups excluding tert-OH is 1. The summed E-state index contributed by atoms with van der Waals surface area (Å²) in [5, 5.41) is 12.2. The van der Waals surface area contributed by atoms with Crippen molar-refractivity contribution >= 4 is 0 Å². The number of halogens is 2. The van der Waals surface area contributed by atoms with Gasteiger partial charge in [-0.2, -0.15) is 0 Å². The van der Waals surface area contributed by atoms with E-state index >= 15 is 0 Å². The molecule has 0 bridgehead atoms. The molecule has 1 atom stereocenters. The largest absolute Gasteiger partial charge is 0.387 e. The van der Waals surface area contributed by atoms with Gasteiger partial charge in [-0.1, -0.05) is 6.07 Å². The molecule has 1 aromatic rings. The van der Waals surface area contributed by atoms with E-state index in [0.29, 0.717) is 12.1 Å². The van der Waals surface area contributed by atoms with Gasteiger partial charge in [0.25, 0.3) is 6.43 Å². The Morgan fingerprint density at radius 2 is 2.21 bits per heavy atom. The highest BCUT2D eigenvalue weighted by Gasteiger charge is 2.10. The Bertz CT molecular complexity index is 277. The zero-order valence-electron chi connectivity index (χ0n) is 7.74. The predicted molar refractivity (Wildman–Crippen MR) is 48.1 cm³/mol. The summed E-state index contributed by atoms with van der Waals surface area (Å²) in [6.07, 6.45) is -2.01. The molecule has 0 aliphatic heterocycles. The van der Waals surface area contributed by atoms with Gasteiger partial charge in [0.1, 0.15) is 5.69 Å². The third kappa shape index (κ3) is 2.71. The first kappa shape index (κ1) is 11.0. The highest BCUT2D eigenvalue weighted by molar-refractivity contribution is 5.17. The summed E-state index contributed by atoms with van der Waals surface area (Å²) >= 11 is 0. The van der Waals surface area contributed by atoms with E-state index in [4.69, 9.17) is 0 Å². The van der Waals surface area contributed by atoms with Gasteiger partial charge in [0.05, 0.1) is 6.10 Å². The minimum Gasteiger partial charge on any atom is -0.387 e. The summed E-state index contributed by atoms with van der Waals surface area (Å²) in [4.78, 5) is 3.54. The summed E-state index contributed by atoms with van der Waals surface area (Å²) in [7, 11) is 1.70. The molecule has 1 aromatic heterocycles. The van der Waals surface area contributed by atoms with E-state index in [2.05, 4.69) is 10.3 Å². The van der Waals surface area contributed by atoms with Crippen LogP contribution in [0.25, 0.3) is 0 Å². The molecule has 0 radical (unpaired) electrons. The zero-order valence-corrected chi connectivity index (χ0v) is 7.74. The highest BCUT2D eigenvalue weighted by Crippen LogP contribution is 2.18. The van der Waals surface area contributed by atoms with Gasteiger partial charge < -0.3 is 10.4 Å². The average Bonchev–Trinajstić information content (AvgIpc) is 2.18. The minimum atomic E-state index is -2.56. The van der Waals surface area contributed by atoms with E-state index in [0.717, 1.165) is 0 Å². The van der Waals surface area contributed by atoms with E-state index in [9.17, 15) is 13.9 Å². The molecule has 1 heterocycles. The van der Waals surface area contributed by atoms with Crippen LogP contribution in [0.15, 0.2) is 18.3 Å². The van der Waals surface area contributed by atoms with Gasteiger partial charge in [-0.15, -0.1) is 0 Å². The molecule has 0 spiro atoms. The first-order valence-electron chi connectivity index (χ1n) is 4.21. The van der Waals surface area contributed by atoms with Crippen molar-refractivity contribution in [3.8, 4) is 0 Å². The van der Waals surface area contributed by atoms with Crippen molar-refractivity contribution in [2.24, 2.45) is 0 Å². The molecule has 14 heavy (non-hydrogen) atoms. The van der Waals surface area contributed by atoms with Crippen LogP contribution in [-0.4, -0.2) is 23.7 Å². The molecule has 3 nitrogen and oxygen atoms in total. The van der Waals surface area contributed by atoms with Crippen molar-refractivity contribution in [1.29, 1.82) is 0 Å². The van der Waals surface area contributed by atoms with Crippen LogP contribution in [0.4, 0.5) is 8.78 Å². The topological polar surface area (TPSA) is 45.1 Å². The molecule has 1 rings (SSSR count). The average molecular weight is 202 g/mol. The Morgan fingerprint density at radius 3 is 2.64 bits per heavy atom. The maximum absolute atomic E-state index is 12.1. The fraction of sp³-hybridized carbons (Fsp3) is 0.444. The van der Waals surface area contributed by atoms with E-state index in [1.807, 2.05) is 0 Å². The van der Waals surface area contributed by atoms with Gasteiger partial charge in [-0.25, -0.2) is 8.78 Å². The van der Waals surface area contributed by atoms with Crippen LogP contribution in [0.1, 0.15) is 23.8 Å². The van der Waals surface area contributed by atoms with Crippen molar-refractivity contribution < 1.29 is 13.9 Å². The Kier molecular flexibility index (Phi) is 3.91. The first-order valence-corrected chi connectivity index (χ1v) is 4.21. The number of hydrogen-bond acceptors (Lipinski definition) is 3. The fourth-order valence-corrected chi connectivity index (χ4v) is 1.05. The summed E-state index contributed by atoms with van der Waals surface area (Å²) in [6, 6.07) is 2.68. The number of nitrogens with one attached hydrogen (secondary N) is 1. The second-order valence-electron chi connectivity index (χ2n) is 2.89. The summed E-state index contributed by atoms with van der Waals surface area (Å²) < 4.78 is 24.2. The van der Waals surface area contributed by atoms with Crippen LogP contribution >= 0.6 is 0 Å². The number of hydrogen-bond donors (Lipinski definition) is 2. The number of likely N-dealkylation sites (N-methyl/N-ethyl adjacent to an activating group) is 1. The second-order valence-corrected chi connectivity index (χ2v) is 2.89. The maximum Gasteiger partial charge on any atom is 0.280 e. The lowest BCUT2D eigenvalue weighted by atomic mass is 10.1. The van der Waals surface area contributed by atoms with Crippen LogP contribution < -0.4 is 5.32 Å². The number of aromatic nitrogens is 1. The molecule has 0 fully saturated rings. The van der Waals surface area contributed by atoms with Crippen molar-refractivity contribution in [2.75, 3.05) is 13.6 Å². The van der Waals surface area contributed by atoms with Gasteiger partial charge >= 0.3 is 0 Å². The third-order valence-corrected chi connectivity index (χ3v) is 1.82. The fourth-order valence-electron chi connectivity index (χ4n) is 1.05. The molecular formula is C9H12F2N2O. The number of alkyl halides is 2. The number of pyridine rings is 1. The summed E-state index contributed by atoms with van der Waals surface area (Å²) in [5.74, 6) is 0. The molecule has 0 aliphatic carbocycles. The van der Waals surface area contributed by atoms with Gasteiger partial charge in [-0.3, -0.25) is 4.98 Å². The second kappa shape index (κ2) is 4.97. The maximum atomic E-state index is 12.1. The molecule has 0 amide bonds. The van der Waals surface area contributed by atoms with Crippen LogP contribution in [-0.2, 0) is 0 Å². The van der Waals surface area contributed by atoms with Gasteiger partial charge in [0, 0.05) is 18.3 Å². The molecule has 5 heteroatoms. The minimum absolute atomic E-state index is 0.273. The normalized spacial score (nSPS) is 13.2. The Balaban J connectivity index is 2.72. The van der Waals surface area contributed by atoms with Gasteiger partial charge in [0.2, 0.25) is 0 Å². The lowest BCUT2D eigenvalue weighted by Crippen LogP contribution is -2.16. The molecule has 2 N–H and O–H groups in total. The lowest BCUT2D eigenvalue weighted by molar-refractivity contribution is 0.145. The van der Waals surface area contributed by atoms with Crippen molar-refractivity contribution in [3.05, 3.63) is 29.6 Å². The van der Waals surface area contributed by atoms with Crippen molar-refractivity contribution in [1.82, 2.24) is 10.3 Å². The number of aliphatic hydroxyl groups is 1. The van der Waals surface area contributed by atoms with Crippen molar-refractivity contribution in [2.45, 2.75) is 12.5 Å². The van der Waals surface area contributed by atoms with Crippen LogP contribution in [0, 0.1) is 0 Å². The van der Waals surface area contributed by atoms with Crippen LogP contribution in [0.2, 0.25) is 0 Å². The first-order chi connectivity index (χ1) is 6.65. The molecular weight excluding hydrogens is 190 g/mol. The highest BCUT2D eigenvalue weighted by atomic mass is 19.3. The van der Waals surface area contributed by atoms with E-state index in [-0.39, 0.29) is 5.69 Å². The third-order valence-electron chi connectivity index (χ3n) is 1.82. The summed E-state index contributed by atoms with van der Waals surface area (Å²) in [6.45, 7) is 0.371. The van der Waals surface area contributed by atoms with Crippen LogP contribution in [0.5, 0.6) is 0 Å². The SMILES string of the molecule is CNCC(O)c1ccc(C(F)F)nc1. The molecule has 78 valence electrons. The Labute approximate surface area is 80.8 Å². The number of rotatable bonds is 4. The van der Waals surface area contributed by atoms with Gasteiger partial charge in [0.15, 0.2) is 0 Å². The van der Waals surface area contributed by atoms with Crippen LogP contribution in [0.3, 0.4) is 0 Å². The molecule has 0 saturated heterocycles. The molecule has 0 aromatic carbocycles. The van der Waals surface area contributed by atoms with E-state index < -0.39 is 12.5 Å². The lowest BCUT2D eigenvalue weighted by Gasteiger charge is -2.09. The predicted octanol–water partition coefficient (Wildman–Crippen LogP) is 1.27. The molecule has 0 saturated carbocycles. The standard InChI is InChI=1S/C9H12F2N2O/c1-12-5-8(14)6-2-3-7(9(10)11)13-4-6/h2-4,8-9,12,14H,5H2,1H3. The van der Waals surface area contributed by atoms with E-state index in [1.54, 1.807) is 7.05 Å². The Morgan fingerprint density at radius 1 is 1.50 bits per heavy atom. The quantitative estimate of drug-likeness (QED) is 0.772. The van der Waals surface area contributed by atoms with Gasteiger partial charge in [-0.05, 0) is 13.1 Å². The number of nitrogens with zero attached hydrogens (tertiary/aromatic N) is 1. The Hall–Kier alpha value is -1.07. The molecule has 0 aliphatic rings. The zero-order chi connectivity index (χ0) is 10.6. The van der Waals surface area contributed by atoms with E-state index in [1.165, 1.54) is 18.3 Å². The monoisotopic (exact) mass is 202 g/mol.